The highest BCUT2D eigenvalue weighted by atomic mass is 32.1. The van der Waals surface area contributed by atoms with Crippen LogP contribution in [0.4, 0.5) is 11.4 Å². The maximum Gasteiger partial charge on any atom is 0.293 e. The third kappa shape index (κ3) is 2.55. The number of benzene rings is 1. The number of nitro benzene ring substituents is 1. The Labute approximate surface area is 123 Å². The fourth-order valence-electron chi connectivity index (χ4n) is 2.01. The summed E-state index contributed by atoms with van der Waals surface area (Å²) in [6.45, 7) is 2.23. The van der Waals surface area contributed by atoms with Gasteiger partial charge in [0.1, 0.15) is 12.0 Å². The van der Waals surface area contributed by atoms with Crippen LogP contribution in [0.5, 0.6) is 0 Å². The van der Waals surface area contributed by atoms with E-state index in [1.54, 1.807) is 23.0 Å². The highest BCUT2D eigenvalue weighted by Crippen LogP contribution is 2.33. The Kier molecular flexibility index (Phi) is 3.26. The van der Waals surface area contributed by atoms with Crippen LogP contribution in [0.3, 0.4) is 0 Å². The van der Waals surface area contributed by atoms with Gasteiger partial charge >= 0.3 is 0 Å². The lowest BCUT2D eigenvalue weighted by atomic mass is 10.2. The summed E-state index contributed by atoms with van der Waals surface area (Å²) in [7, 11) is 1.82. The van der Waals surface area contributed by atoms with Crippen LogP contribution >= 0.6 is 11.3 Å². The molecule has 0 aliphatic carbocycles. The Morgan fingerprint density at radius 3 is 2.95 bits per heavy atom. The van der Waals surface area contributed by atoms with Crippen LogP contribution in [0.1, 0.15) is 10.8 Å². The molecule has 0 saturated heterocycles. The van der Waals surface area contributed by atoms with Crippen molar-refractivity contribution in [2.45, 2.75) is 13.5 Å². The van der Waals surface area contributed by atoms with E-state index in [-0.39, 0.29) is 5.69 Å². The zero-order valence-corrected chi connectivity index (χ0v) is 12.2. The van der Waals surface area contributed by atoms with Gasteiger partial charge in [0.15, 0.2) is 5.82 Å². The second kappa shape index (κ2) is 5.09. The zero-order chi connectivity index (χ0) is 15.0. The lowest BCUT2D eigenvalue weighted by Crippen LogP contribution is -2.07. The van der Waals surface area contributed by atoms with Crippen molar-refractivity contribution in [2.75, 3.05) is 5.32 Å². The summed E-state index contributed by atoms with van der Waals surface area (Å²) in [6.07, 6.45) is 1.58. The van der Waals surface area contributed by atoms with Crippen LogP contribution in [-0.4, -0.2) is 24.7 Å². The van der Waals surface area contributed by atoms with Gasteiger partial charge in [-0.05, 0) is 13.0 Å². The summed E-state index contributed by atoms with van der Waals surface area (Å²) in [5, 5.41) is 22.8. The normalized spacial score (nSPS) is 11.0. The smallest absolute Gasteiger partial charge is 0.293 e. The fourth-order valence-corrected chi connectivity index (χ4v) is 2.85. The van der Waals surface area contributed by atoms with Gasteiger partial charge in [-0.2, -0.15) is 0 Å². The van der Waals surface area contributed by atoms with Gasteiger partial charge in [0.25, 0.3) is 5.69 Å². The van der Waals surface area contributed by atoms with Crippen molar-refractivity contribution in [1.29, 1.82) is 0 Å². The molecule has 1 aromatic carbocycles. The Morgan fingerprint density at radius 2 is 2.29 bits per heavy atom. The van der Waals surface area contributed by atoms with Crippen molar-refractivity contribution in [3.8, 4) is 0 Å². The molecular weight excluding hydrogens is 292 g/mol. The van der Waals surface area contributed by atoms with E-state index in [9.17, 15) is 10.1 Å². The molecule has 21 heavy (non-hydrogen) atoms. The lowest BCUT2D eigenvalue weighted by molar-refractivity contribution is -0.383. The van der Waals surface area contributed by atoms with Gasteiger partial charge in [-0.3, -0.25) is 10.1 Å². The molecule has 0 fully saturated rings. The molecule has 0 aliphatic heterocycles. The molecule has 3 aromatic rings. The molecule has 3 rings (SSSR count). The zero-order valence-electron chi connectivity index (χ0n) is 11.4. The van der Waals surface area contributed by atoms with E-state index in [1.165, 1.54) is 11.3 Å². The van der Waals surface area contributed by atoms with E-state index < -0.39 is 4.92 Å². The van der Waals surface area contributed by atoms with Crippen molar-refractivity contribution >= 4 is 32.9 Å². The SMILES string of the molecule is Cc1nc2cc(NCc3nncn3C)c([N+](=O)[O-])cc2s1. The summed E-state index contributed by atoms with van der Waals surface area (Å²) in [6, 6.07) is 3.26. The van der Waals surface area contributed by atoms with Crippen molar-refractivity contribution in [3.63, 3.8) is 0 Å². The van der Waals surface area contributed by atoms with Crippen LogP contribution in [0.15, 0.2) is 18.5 Å². The predicted octanol–water partition coefficient (Wildman–Crippen LogP) is 2.25. The average Bonchev–Trinajstić information content (AvgIpc) is 2.99. The fraction of sp³-hybridized carbons (Fsp3) is 0.250. The molecule has 108 valence electrons. The molecule has 8 nitrogen and oxygen atoms in total. The first-order valence-electron chi connectivity index (χ1n) is 6.17. The number of hydrogen-bond donors (Lipinski definition) is 1. The summed E-state index contributed by atoms with van der Waals surface area (Å²) in [4.78, 5) is 15.2. The molecule has 0 spiro atoms. The van der Waals surface area contributed by atoms with Crippen LogP contribution in [0.2, 0.25) is 0 Å². The van der Waals surface area contributed by atoms with Crippen molar-refractivity contribution in [3.05, 3.63) is 39.4 Å². The van der Waals surface area contributed by atoms with Gasteiger partial charge in [0.05, 0.1) is 26.7 Å². The number of aryl methyl sites for hydroxylation is 2. The number of hydrogen-bond acceptors (Lipinski definition) is 7. The second-order valence-corrected chi connectivity index (χ2v) is 5.77. The molecule has 0 radical (unpaired) electrons. The highest BCUT2D eigenvalue weighted by Gasteiger charge is 2.17. The molecule has 0 bridgehead atoms. The summed E-state index contributed by atoms with van der Waals surface area (Å²) < 4.78 is 2.56. The molecule has 0 unspecified atom stereocenters. The first-order chi connectivity index (χ1) is 10.0. The molecule has 0 amide bonds. The number of nitrogens with zero attached hydrogens (tertiary/aromatic N) is 5. The summed E-state index contributed by atoms with van der Waals surface area (Å²) in [5.74, 6) is 0.693. The molecule has 9 heteroatoms. The Balaban J connectivity index is 1.97. The maximum absolute atomic E-state index is 11.2. The molecule has 0 atom stereocenters. The van der Waals surface area contributed by atoms with E-state index in [0.717, 1.165) is 15.2 Å². The minimum absolute atomic E-state index is 0.0355. The molecular formula is C12H12N6O2S. The minimum Gasteiger partial charge on any atom is -0.372 e. The number of nitrogens with one attached hydrogen (secondary N) is 1. The number of rotatable bonds is 4. The summed E-state index contributed by atoms with van der Waals surface area (Å²) >= 11 is 1.44. The van der Waals surface area contributed by atoms with Crippen molar-refractivity contribution in [2.24, 2.45) is 7.05 Å². The van der Waals surface area contributed by atoms with Crippen LogP contribution in [0.25, 0.3) is 10.2 Å². The molecule has 2 aromatic heterocycles. The number of anilines is 1. The van der Waals surface area contributed by atoms with Gasteiger partial charge in [-0.25, -0.2) is 4.98 Å². The Hall–Kier alpha value is -2.55. The third-order valence-electron chi connectivity index (χ3n) is 3.05. The van der Waals surface area contributed by atoms with E-state index in [0.29, 0.717) is 18.1 Å². The van der Waals surface area contributed by atoms with Gasteiger partial charge < -0.3 is 9.88 Å². The average molecular weight is 304 g/mol. The predicted molar refractivity (Wildman–Crippen MR) is 79.3 cm³/mol. The van der Waals surface area contributed by atoms with Gasteiger partial charge in [-0.15, -0.1) is 21.5 Å². The Morgan fingerprint density at radius 1 is 1.48 bits per heavy atom. The van der Waals surface area contributed by atoms with Crippen molar-refractivity contribution < 1.29 is 4.92 Å². The minimum atomic E-state index is -0.395. The van der Waals surface area contributed by atoms with Crippen molar-refractivity contribution in [1.82, 2.24) is 19.7 Å². The van der Waals surface area contributed by atoms with Gasteiger partial charge in [-0.1, -0.05) is 0 Å². The summed E-state index contributed by atoms with van der Waals surface area (Å²) in [5.41, 5.74) is 1.22. The standard InChI is InChI=1S/C12H12N6O2S/c1-7-15-9-3-8(10(18(19)20)4-11(9)21-7)13-5-12-16-14-6-17(12)2/h3-4,6,13H,5H2,1-2H3. The third-order valence-corrected chi connectivity index (χ3v) is 3.99. The number of nitro groups is 1. The molecule has 2 heterocycles. The quantitative estimate of drug-likeness (QED) is 0.586. The number of aromatic nitrogens is 4. The number of fused-ring (bicyclic) bond motifs is 1. The second-order valence-electron chi connectivity index (χ2n) is 4.54. The van der Waals surface area contributed by atoms with E-state index in [1.807, 2.05) is 14.0 Å². The topological polar surface area (TPSA) is 98.8 Å². The van der Waals surface area contributed by atoms with Crippen LogP contribution in [0, 0.1) is 17.0 Å². The maximum atomic E-state index is 11.2. The monoisotopic (exact) mass is 304 g/mol. The molecule has 0 saturated carbocycles. The number of thiazole rings is 1. The first-order valence-corrected chi connectivity index (χ1v) is 6.98. The van der Waals surface area contributed by atoms with Crippen LogP contribution < -0.4 is 5.32 Å². The Bertz CT molecular complexity index is 824. The van der Waals surface area contributed by atoms with E-state index in [4.69, 9.17) is 0 Å². The van der Waals surface area contributed by atoms with Crippen LogP contribution in [-0.2, 0) is 13.6 Å². The largest absolute Gasteiger partial charge is 0.372 e. The van der Waals surface area contributed by atoms with Gasteiger partial charge in [0.2, 0.25) is 0 Å². The highest BCUT2D eigenvalue weighted by molar-refractivity contribution is 7.18. The molecule has 0 aliphatic rings. The first kappa shape index (κ1) is 13.4. The lowest BCUT2D eigenvalue weighted by Gasteiger charge is -2.06. The van der Waals surface area contributed by atoms with E-state index in [2.05, 4.69) is 20.5 Å². The van der Waals surface area contributed by atoms with Gasteiger partial charge in [0, 0.05) is 13.1 Å². The molecule has 1 N–H and O–H groups in total. The van der Waals surface area contributed by atoms with E-state index >= 15 is 0 Å².